The van der Waals surface area contributed by atoms with Gasteiger partial charge in [0.05, 0.1) is 6.54 Å². The molecule has 0 spiro atoms. The molecule has 100 valence electrons. The van der Waals surface area contributed by atoms with Crippen molar-refractivity contribution in [3.63, 3.8) is 0 Å². The second-order valence-corrected chi connectivity index (χ2v) is 6.00. The van der Waals surface area contributed by atoms with Gasteiger partial charge >= 0.3 is 0 Å². The van der Waals surface area contributed by atoms with Crippen LogP contribution in [0.1, 0.15) is 46.0 Å². The standard InChI is InChI=1S/C13H26N2OS/c1-4-10(2)15-13(16)9-14-11-7-5-6-8-12(11)17-3/h10-12,14H,4-9H2,1-3H3,(H,15,16). The summed E-state index contributed by atoms with van der Waals surface area (Å²) < 4.78 is 0. The van der Waals surface area contributed by atoms with Gasteiger partial charge in [-0.1, -0.05) is 19.8 Å². The number of rotatable bonds is 6. The van der Waals surface area contributed by atoms with Gasteiger partial charge in [0.25, 0.3) is 0 Å². The van der Waals surface area contributed by atoms with Crippen molar-refractivity contribution < 1.29 is 4.79 Å². The Kier molecular flexibility index (Phi) is 6.97. The van der Waals surface area contributed by atoms with Crippen molar-refractivity contribution in [2.45, 2.75) is 63.3 Å². The molecule has 0 aromatic carbocycles. The summed E-state index contributed by atoms with van der Waals surface area (Å²) >= 11 is 1.93. The quantitative estimate of drug-likeness (QED) is 0.767. The predicted octanol–water partition coefficient (Wildman–Crippen LogP) is 2.16. The van der Waals surface area contributed by atoms with E-state index in [1.165, 1.54) is 25.7 Å². The van der Waals surface area contributed by atoms with Crippen LogP contribution in [0.4, 0.5) is 0 Å². The summed E-state index contributed by atoms with van der Waals surface area (Å²) in [6, 6.07) is 0.799. The SMILES string of the molecule is CCC(C)NC(=O)CNC1CCCCC1SC. The third-order valence-corrected chi connectivity index (χ3v) is 4.72. The highest BCUT2D eigenvalue weighted by molar-refractivity contribution is 7.99. The average molecular weight is 258 g/mol. The first-order valence-corrected chi connectivity index (χ1v) is 8.01. The summed E-state index contributed by atoms with van der Waals surface area (Å²) in [7, 11) is 0. The van der Waals surface area contributed by atoms with E-state index in [9.17, 15) is 4.79 Å². The summed E-state index contributed by atoms with van der Waals surface area (Å²) in [5.74, 6) is 0.129. The van der Waals surface area contributed by atoms with Crippen LogP contribution >= 0.6 is 11.8 Å². The Morgan fingerprint density at radius 2 is 2.12 bits per heavy atom. The molecule has 0 aliphatic heterocycles. The van der Waals surface area contributed by atoms with Crippen LogP contribution in [-0.2, 0) is 4.79 Å². The van der Waals surface area contributed by atoms with Gasteiger partial charge in [-0.25, -0.2) is 0 Å². The van der Waals surface area contributed by atoms with E-state index >= 15 is 0 Å². The van der Waals surface area contributed by atoms with Gasteiger partial charge in [-0.3, -0.25) is 4.79 Å². The van der Waals surface area contributed by atoms with E-state index in [-0.39, 0.29) is 11.9 Å². The van der Waals surface area contributed by atoms with Crippen molar-refractivity contribution in [1.82, 2.24) is 10.6 Å². The van der Waals surface area contributed by atoms with Crippen molar-refractivity contribution in [3.8, 4) is 0 Å². The molecule has 4 heteroatoms. The van der Waals surface area contributed by atoms with E-state index in [1.807, 2.05) is 18.7 Å². The van der Waals surface area contributed by atoms with Crippen LogP contribution in [0.2, 0.25) is 0 Å². The van der Waals surface area contributed by atoms with Crippen LogP contribution in [0, 0.1) is 0 Å². The fraction of sp³-hybridized carbons (Fsp3) is 0.923. The fourth-order valence-electron chi connectivity index (χ4n) is 2.26. The van der Waals surface area contributed by atoms with Gasteiger partial charge in [-0.15, -0.1) is 0 Å². The lowest BCUT2D eigenvalue weighted by atomic mass is 9.95. The number of amides is 1. The number of carbonyl (C=O) groups is 1. The van der Waals surface area contributed by atoms with Crippen molar-refractivity contribution in [3.05, 3.63) is 0 Å². The topological polar surface area (TPSA) is 41.1 Å². The van der Waals surface area contributed by atoms with E-state index in [4.69, 9.17) is 0 Å². The minimum absolute atomic E-state index is 0.129. The average Bonchev–Trinajstić information content (AvgIpc) is 2.36. The largest absolute Gasteiger partial charge is 0.353 e. The molecule has 0 heterocycles. The molecule has 3 nitrogen and oxygen atoms in total. The van der Waals surface area contributed by atoms with Gasteiger partial charge in [0.15, 0.2) is 0 Å². The zero-order chi connectivity index (χ0) is 12.7. The number of thioether (sulfide) groups is 1. The van der Waals surface area contributed by atoms with E-state index < -0.39 is 0 Å². The van der Waals surface area contributed by atoms with Crippen LogP contribution in [0.15, 0.2) is 0 Å². The third-order valence-electron chi connectivity index (χ3n) is 3.55. The molecule has 1 amide bonds. The van der Waals surface area contributed by atoms with Crippen LogP contribution in [0.25, 0.3) is 0 Å². The minimum atomic E-state index is 0.129. The first kappa shape index (κ1) is 14.8. The normalized spacial score (nSPS) is 26.5. The molecule has 0 aromatic heterocycles. The molecule has 0 bridgehead atoms. The van der Waals surface area contributed by atoms with E-state index in [2.05, 4.69) is 23.8 Å². The van der Waals surface area contributed by atoms with Crippen molar-refractivity contribution in [2.75, 3.05) is 12.8 Å². The number of hydrogen-bond donors (Lipinski definition) is 2. The van der Waals surface area contributed by atoms with E-state index in [1.54, 1.807) is 0 Å². The van der Waals surface area contributed by atoms with Crippen LogP contribution in [-0.4, -0.2) is 36.0 Å². The maximum Gasteiger partial charge on any atom is 0.234 e. The zero-order valence-corrected chi connectivity index (χ0v) is 12.1. The van der Waals surface area contributed by atoms with E-state index in [0.717, 1.165) is 6.42 Å². The second-order valence-electron chi connectivity index (χ2n) is 4.92. The Morgan fingerprint density at radius 3 is 2.76 bits per heavy atom. The van der Waals surface area contributed by atoms with Gasteiger partial charge in [0, 0.05) is 17.3 Å². The molecule has 0 saturated heterocycles. The molecular formula is C13H26N2OS. The van der Waals surface area contributed by atoms with Gasteiger partial charge < -0.3 is 10.6 Å². The lowest BCUT2D eigenvalue weighted by Crippen LogP contribution is -2.46. The molecule has 2 N–H and O–H groups in total. The molecule has 3 unspecified atom stereocenters. The van der Waals surface area contributed by atoms with Crippen LogP contribution in [0.5, 0.6) is 0 Å². The van der Waals surface area contributed by atoms with E-state index in [0.29, 0.717) is 17.8 Å². The predicted molar refractivity (Wildman–Crippen MR) is 75.5 cm³/mol. The highest BCUT2D eigenvalue weighted by Gasteiger charge is 2.24. The highest BCUT2D eigenvalue weighted by Crippen LogP contribution is 2.26. The zero-order valence-electron chi connectivity index (χ0n) is 11.3. The summed E-state index contributed by atoms with van der Waals surface area (Å²) in [4.78, 5) is 11.7. The monoisotopic (exact) mass is 258 g/mol. The third kappa shape index (κ3) is 5.30. The van der Waals surface area contributed by atoms with Crippen molar-refractivity contribution >= 4 is 17.7 Å². The first-order chi connectivity index (χ1) is 8.17. The maximum absolute atomic E-state index is 11.7. The number of hydrogen-bond acceptors (Lipinski definition) is 3. The van der Waals surface area contributed by atoms with Crippen molar-refractivity contribution in [2.24, 2.45) is 0 Å². The molecule has 1 aliphatic rings. The molecule has 1 fully saturated rings. The van der Waals surface area contributed by atoms with Gasteiger partial charge in [-0.2, -0.15) is 11.8 Å². The molecule has 1 aliphatic carbocycles. The Bertz CT molecular complexity index is 235. The Balaban J connectivity index is 2.26. The fourth-order valence-corrected chi connectivity index (χ4v) is 3.23. The Hall–Kier alpha value is -0.220. The van der Waals surface area contributed by atoms with Gasteiger partial charge in [0.1, 0.15) is 0 Å². The molecule has 17 heavy (non-hydrogen) atoms. The van der Waals surface area contributed by atoms with Crippen LogP contribution in [0.3, 0.4) is 0 Å². The molecule has 1 rings (SSSR count). The maximum atomic E-state index is 11.7. The number of nitrogens with one attached hydrogen (secondary N) is 2. The molecule has 0 radical (unpaired) electrons. The van der Waals surface area contributed by atoms with Gasteiger partial charge in [0.2, 0.25) is 5.91 Å². The Labute approximate surface area is 109 Å². The second kappa shape index (κ2) is 7.98. The molecule has 1 saturated carbocycles. The smallest absolute Gasteiger partial charge is 0.234 e. The number of carbonyl (C=O) groups excluding carboxylic acids is 1. The lowest BCUT2D eigenvalue weighted by Gasteiger charge is -2.31. The minimum Gasteiger partial charge on any atom is -0.353 e. The van der Waals surface area contributed by atoms with Crippen LogP contribution < -0.4 is 10.6 Å². The summed E-state index contributed by atoms with van der Waals surface area (Å²) in [5, 5.41) is 7.09. The Morgan fingerprint density at radius 1 is 1.41 bits per heavy atom. The molecule has 3 atom stereocenters. The lowest BCUT2D eigenvalue weighted by molar-refractivity contribution is -0.121. The molecule has 0 aromatic rings. The van der Waals surface area contributed by atoms with Gasteiger partial charge in [-0.05, 0) is 32.4 Å². The summed E-state index contributed by atoms with van der Waals surface area (Å²) in [6.45, 7) is 4.60. The van der Waals surface area contributed by atoms with Crippen molar-refractivity contribution in [1.29, 1.82) is 0 Å². The summed E-state index contributed by atoms with van der Waals surface area (Å²) in [5.41, 5.74) is 0. The molecular weight excluding hydrogens is 232 g/mol. The first-order valence-electron chi connectivity index (χ1n) is 6.73. The highest BCUT2D eigenvalue weighted by atomic mass is 32.2. The summed E-state index contributed by atoms with van der Waals surface area (Å²) in [6.07, 6.45) is 8.28.